The minimum atomic E-state index is -0.167. The minimum Gasteiger partial charge on any atom is -0.465 e. The molecule has 0 spiro atoms. The quantitative estimate of drug-likeness (QED) is 0.611. The molecule has 26 heavy (non-hydrogen) atoms. The van der Waals surface area contributed by atoms with Crippen LogP contribution in [0.25, 0.3) is 23.2 Å². The van der Waals surface area contributed by atoms with E-state index in [2.05, 4.69) is 22.4 Å². The van der Waals surface area contributed by atoms with Gasteiger partial charge < -0.3 is 9.32 Å². The summed E-state index contributed by atoms with van der Waals surface area (Å²) in [7, 11) is 1.78. The molecular formula is C19H21N5O2. The van der Waals surface area contributed by atoms with Gasteiger partial charge in [0, 0.05) is 25.2 Å². The molecule has 0 bridgehead atoms. The summed E-state index contributed by atoms with van der Waals surface area (Å²) in [5, 5.41) is 11.9. The van der Waals surface area contributed by atoms with E-state index in [1.807, 2.05) is 30.3 Å². The maximum absolute atomic E-state index is 13.1. The molecule has 0 fully saturated rings. The number of rotatable bonds is 7. The van der Waals surface area contributed by atoms with Crippen LogP contribution < -0.4 is 0 Å². The molecule has 0 aliphatic carbocycles. The lowest BCUT2D eigenvalue weighted by atomic mass is 10.2. The highest BCUT2D eigenvalue weighted by Gasteiger charge is 2.22. The lowest BCUT2D eigenvalue weighted by Gasteiger charge is -2.19. The molecule has 0 saturated heterocycles. The van der Waals surface area contributed by atoms with Crippen molar-refractivity contribution < 1.29 is 9.21 Å². The fourth-order valence-corrected chi connectivity index (χ4v) is 2.53. The standard InChI is InChI=1S/C19H21N5O2/c1-3-4-12-23(2)19(25)17(14-16-11-8-13-26-16)24-18(20-21-22-24)15-9-6-5-7-10-15/h5-11,13-14H,3-4,12H2,1-2H3. The zero-order chi connectivity index (χ0) is 18.4. The number of benzene rings is 1. The van der Waals surface area contributed by atoms with Gasteiger partial charge >= 0.3 is 0 Å². The molecule has 0 aliphatic rings. The van der Waals surface area contributed by atoms with Gasteiger partial charge in [-0.1, -0.05) is 43.7 Å². The summed E-state index contributed by atoms with van der Waals surface area (Å²) in [4.78, 5) is 14.7. The van der Waals surface area contributed by atoms with Crippen LogP contribution in [0.4, 0.5) is 0 Å². The first-order chi connectivity index (χ1) is 12.7. The van der Waals surface area contributed by atoms with Crippen LogP contribution in [0.2, 0.25) is 0 Å². The van der Waals surface area contributed by atoms with Crippen LogP contribution in [0.1, 0.15) is 25.5 Å². The molecular weight excluding hydrogens is 330 g/mol. The van der Waals surface area contributed by atoms with Crippen molar-refractivity contribution in [3.63, 3.8) is 0 Å². The van der Waals surface area contributed by atoms with Crippen molar-refractivity contribution in [2.45, 2.75) is 19.8 Å². The summed E-state index contributed by atoms with van der Waals surface area (Å²) < 4.78 is 6.85. The Bertz CT molecular complexity index is 868. The highest BCUT2D eigenvalue weighted by molar-refractivity contribution is 6.18. The Labute approximate surface area is 151 Å². The first-order valence-corrected chi connectivity index (χ1v) is 8.55. The van der Waals surface area contributed by atoms with E-state index in [-0.39, 0.29) is 5.91 Å². The fraction of sp³-hybridized carbons (Fsp3) is 0.263. The average Bonchev–Trinajstić information content (AvgIpc) is 3.36. The maximum atomic E-state index is 13.1. The zero-order valence-corrected chi connectivity index (χ0v) is 14.9. The number of unbranched alkanes of at least 4 members (excludes halogenated alkanes) is 1. The Balaban J connectivity index is 2.03. The van der Waals surface area contributed by atoms with Crippen LogP contribution in [-0.2, 0) is 4.79 Å². The Hall–Kier alpha value is -3.22. The predicted octanol–water partition coefficient (Wildman–Crippen LogP) is 3.19. The van der Waals surface area contributed by atoms with Gasteiger partial charge in [0.05, 0.1) is 6.26 Å². The van der Waals surface area contributed by atoms with Gasteiger partial charge in [0.1, 0.15) is 11.5 Å². The van der Waals surface area contributed by atoms with Crippen LogP contribution >= 0.6 is 0 Å². The molecule has 0 aliphatic heterocycles. The van der Waals surface area contributed by atoms with Gasteiger partial charge in [-0.15, -0.1) is 5.10 Å². The van der Waals surface area contributed by atoms with Crippen molar-refractivity contribution in [1.82, 2.24) is 25.1 Å². The first kappa shape index (κ1) is 17.6. The summed E-state index contributed by atoms with van der Waals surface area (Å²) in [5.74, 6) is 0.895. The Kier molecular flexibility index (Phi) is 5.58. The van der Waals surface area contributed by atoms with E-state index in [4.69, 9.17) is 4.42 Å². The summed E-state index contributed by atoms with van der Waals surface area (Å²) in [5.41, 5.74) is 1.16. The van der Waals surface area contributed by atoms with Crippen molar-refractivity contribution in [2.24, 2.45) is 0 Å². The van der Waals surface area contributed by atoms with Gasteiger partial charge in [0.15, 0.2) is 5.82 Å². The van der Waals surface area contributed by atoms with Crippen LogP contribution in [0.15, 0.2) is 53.1 Å². The lowest BCUT2D eigenvalue weighted by Crippen LogP contribution is -2.30. The van der Waals surface area contributed by atoms with Gasteiger partial charge in [-0.05, 0) is 29.0 Å². The molecule has 2 aromatic heterocycles. The first-order valence-electron chi connectivity index (χ1n) is 8.55. The number of likely N-dealkylation sites (N-methyl/N-ethyl adjacent to an activating group) is 1. The summed E-state index contributed by atoms with van der Waals surface area (Å²) in [6, 6.07) is 13.1. The second-order valence-corrected chi connectivity index (χ2v) is 5.91. The maximum Gasteiger partial charge on any atom is 0.272 e. The molecule has 0 N–H and O–H groups in total. The van der Waals surface area contributed by atoms with Crippen molar-refractivity contribution in [3.05, 3.63) is 54.5 Å². The van der Waals surface area contributed by atoms with Crippen LogP contribution in [0, 0.1) is 0 Å². The lowest BCUT2D eigenvalue weighted by molar-refractivity contribution is -0.124. The van der Waals surface area contributed by atoms with Crippen LogP contribution in [-0.4, -0.2) is 44.6 Å². The van der Waals surface area contributed by atoms with Crippen molar-refractivity contribution >= 4 is 17.7 Å². The molecule has 3 rings (SSSR count). The van der Waals surface area contributed by atoms with Gasteiger partial charge in [0.25, 0.3) is 5.91 Å². The van der Waals surface area contributed by atoms with E-state index in [1.54, 1.807) is 36.4 Å². The topological polar surface area (TPSA) is 77.0 Å². The number of carbonyl (C=O) groups is 1. The largest absolute Gasteiger partial charge is 0.465 e. The number of amides is 1. The van der Waals surface area contributed by atoms with E-state index in [9.17, 15) is 4.79 Å². The third-order valence-electron chi connectivity index (χ3n) is 3.96. The molecule has 0 radical (unpaired) electrons. The van der Waals surface area contributed by atoms with E-state index in [0.29, 0.717) is 23.8 Å². The van der Waals surface area contributed by atoms with Gasteiger partial charge in [0.2, 0.25) is 0 Å². The number of hydrogen-bond acceptors (Lipinski definition) is 5. The molecule has 0 saturated carbocycles. The van der Waals surface area contributed by atoms with Crippen LogP contribution in [0.3, 0.4) is 0 Å². The Morgan fingerprint density at radius 2 is 2.04 bits per heavy atom. The summed E-state index contributed by atoms with van der Waals surface area (Å²) >= 11 is 0. The summed E-state index contributed by atoms with van der Waals surface area (Å²) in [6.45, 7) is 2.75. The molecule has 134 valence electrons. The van der Waals surface area contributed by atoms with E-state index >= 15 is 0 Å². The molecule has 0 unspecified atom stereocenters. The minimum absolute atomic E-state index is 0.167. The SMILES string of the molecule is CCCCN(C)C(=O)C(=Cc1ccco1)n1nnnc1-c1ccccc1. The van der Waals surface area contributed by atoms with Gasteiger partial charge in [-0.25, -0.2) is 0 Å². The van der Waals surface area contributed by atoms with E-state index < -0.39 is 0 Å². The number of aromatic nitrogens is 4. The number of hydrogen-bond donors (Lipinski definition) is 0. The fourth-order valence-electron chi connectivity index (χ4n) is 2.53. The Morgan fingerprint density at radius 1 is 1.23 bits per heavy atom. The normalized spacial score (nSPS) is 11.5. The molecule has 7 nitrogen and oxygen atoms in total. The number of tetrazole rings is 1. The number of nitrogens with zero attached hydrogens (tertiary/aromatic N) is 5. The van der Waals surface area contributed by atoms with Crippen molar-refractivity contribution in [3.8, 4) is 11.4 Å². The third kappa shape index (κ3) is 3.88. The second kappa shape index (κ2) is 8.24. The monoisotopic (exact) mass is 351 g/mol. The Morgan fingerprint density at radius 3 is 2.73 bits per heavy atom. The van der Waals surface area contributed by atoms with Crippen molar-refractivity contribution in [1.29, 1.82) is 0 Å². The zero-order valence-electron chi connectivity index (χ0n) is 14.9. The highest BCUT2D eigenvalue weighted by atomic mass is 16.3. The second-order valence-electron chi connectivity index (χ2n) is 5.91. The molecule has 1 aromatic carbocycles. The highest BCUT2D eigenvalue weighted by Crippen LogP contribution is 2.21. The van der Waals surface area contributed by atoms with E-state index in [1.165, 1.54) is 4.68 Å². The number of furan rings is 1. The molecule has 7 heteroatoms. The van der Waals surface area contributed by atoms with Crippen LogP contribution in [0.5, 0.6) is 0 Å². The molecule has 1 amide bonds. The van der Waals surface area contributed by atoms with Gasteiger partial charge in [-0.2, -0.15) is 4.68 Å². The average molecular weight is 351 g/mol. The molecule has 3 aromatic rings. The summed E-state index contributed by atoms with van der Waals surface area (Å²) in [6.07, 6.45) is 5.16. The molecule has 2 heterocycles. The number of carbonyl (C=O) groups excluding carboxylic acids is 1. The molecule has 0 atom stereocenters. The van der Waals surface area contributed by atoms with E-state index in [0.717, 1.165) is 18.4 Å². The van der Waals surface area contributed by atoms with Crippen molar-refractivity contribution in [2.75, 3.05) is 13.6 Å². The van der Waals surface area contributed by atoms with Gasteiger partial charge in [-0.3, -0.25) is 4.79 Å². The smallest absolute Gasteiger partial charge is 0.272 e. The third-order valence-corrected chi connectivity index (χ3v) is 3.96. The predicted molar refractivity (Wildman–Crippen MR) is 98.7 cm³/mol.